The summed E-state index contributed by atoms with van der Waals surface area (Å²) < 4.78 is 25.7. The average Bonchev–Trinajstić information content (AvgIpc) is 2.16. The molecular weight excluding hydrogens is 198 g/mol. The summed E-state index contributed by atoms with van der Waals surface area (Å²) in [6.45, 7) is 1.78. The Balaban J connectivity index is 2.59. The highest BCUT2D eigenvalue weighted by Crippen LogP contribution is 2.22. The lowest BCUT2D eigenvalue weighted by atomic mass is 10.1. The molecule has 0 saturated heterocycles. The molecule has 2 heterocycles. The molecule has 0 N–H and O–H groups in total. The van der Waals surface area contributed by atoms with E-state index in [1.807, 2.05) is 0 Å². The summed E-state index contributed by atoms with van der Waals surface area (Å²) in [7, 11) is 0. The van der Waals surface area contributed by atoms with Crippen molar-refractivity contribution in [1.82, 2.24) is 9.97 Å². The summed E-state index contributed by atoms with van der Waals surface area (Å²) in [5.74, 6) is -1.65. The lowest BCUT2D eigenvalue weighted by Gasteiger charge is -2.04. The summed E-state index contributed by atoms with van der Waals surface area (Å²) in [6.07, 6.45) is 1.63. The summed E-state index contributed by atoms with van der Waals surface area (Å²) in [4.78, 5) is 7.09. The SMILES string of the molecule is Cc1ncccc1-c1cc(F)nc(F)c1. The molecule has 0 saturated carbocycles. The van der Waals surface area contributed by atoms with E-state index in [2.05, 4.69) is 9.97 Å². The van der Waals surface area contributed by atoms with E-state index in [0.29, 0.717) is 11.1 Å². The van der Waals surface area contributed by atoms with Crippen molar-refractivity contribution in [3.8, 4) is 11.1 Å². The van der Waals surface area contributed by atoms with Crippen LogP contribution in [0.2, 0.25) is 0 Å². The number of pyridine rings is 2. The highest BCUT2D eigenvalue weighted by atomic mass is 19.1. The van der Waals surface area contributed by atoms with Crippen LogP contribution in [0.5, 0.6) is 0 Å². The molecule has 0 unspecified atom stereocenters. The van der Waals surface area contributed by atoms with Crippen molar-refractivity contribution in [2.24, 2.45) is 0 Å². The molecule has 0 bridgehead atoms. The number of hydrogen-bond acceptors (Lipinski definition) is 2. The zero-order chi connectivity index (χ0) is 10.8. The first-order valence-corrected chi connectivity index (χ1v) is 4.42. The Morgan fingerprint density at radius 1 is 1.13 bits per heavy atom. The molecular formula is C11H8F2N2. The van der Waals surface area contributed by atoms with Gasteiger partial charge < -0.3 is 0 Å². The van der Waals surface area contributed by atoms with E-state index in [-0.39, 0.29) is 0 Å². The van der Waals surface area contributed by atoms with E-state index >= 15 is 0 Å². The number of hydrogen-bond donors (Lipinski definition) is 0. The summed E-state index contributed by atoms with van der Waals surface area (Å²) in [6, 6.07) is 5.86. The molecule has 0 spiro atoms. The van der Waals surface area contributed by atoms with Crippen molar-refractivity contribution in [3.63, 3.8) is 0 Å². The Bertz CT molecular complexity index is 477. The zero-order valence-corrected chi connectivity index (χ0v) is 8.04. The van der Waals surface area contributed by atoms with Gasteiger partial charge in [0.15, 0.2) is 0 Å². The number of rotatable bonds is 1. The fourth-order valence-corrected chi connectivity index (χ4v) is 1.41. The van der Waals surface area contributed by atoms with Crippen LogP contribution < -0.4 is 0 Å². The maximum atomic E-state index is 12.9. The maximum absolute atomic E-state index is 12.9. The van der Waals surface area contributed by atoms with Gasteiger partial charge in [-0.2, -0.15) is 13.8 Å². The summed E-state index contributed by atoms with van der Waals surface area (Å²) in [5.41, 5.74) is 1.88. The van der Waals surface area contributed by atoms with Crippen LogP contribution in [0.3, 0.4) is 0 Å². The zero-order valence-electron chi connectivity index (χ0n) is 8.04. The number of aryl methyl sites for hydroxylation is 1. The molecule has 76 valence electrons. The number of aromatic nitrogens is 2. The molecule has 0 aliphatic heterocycles. The quantitative estimate of drug-likeness (QED) is 0.670. The lowest BCUT2D eigenvalue weighted by molar-refractivity contribution is 0.513. The van der Waals surface area contributed by atoms with E-state index in [1.165, 1.54) is 12.1 Å². The molecule has 15 heavy (non-hydrogen) atoms. The number of nitrogens with zero attached hydrogens (tertiary/aromatic N) is 2. The first-order valence-electron chi connectivity index (χ1n) is 4.42. The Labute approximate surface area is 85.6 Å². The van der Waals surface area contributed by atoms with Gasteiger partial charge in [-0.1, -0.05) is 6.07 Å². The average molecular weight is 206 g/mol. The third-order valence-electron chi connectivity index (χ3n) is 2.08. The van der Waals surface area contributed by atoms with Crippen molar-refractivity contribution >= 4 is 0 Å². The molecule has 2 rings (SSSR count). The van der Waals surface area contributed by atoms with Crippen LogP contribution in [-0.4, -0.2) is 9.97 Å². The third kappa shape index (κ3) is 1.98. The Kier molecular flexibility index (Phi) is 2.41. The van der Waals surface area contributed by atoms with Crippen LogP contribution in [0.25, 0.3) is 11.1 Å². The maximum Gasteiger partial charge on any atom is 0.216 e. The van der Waals surface area contributed by atoms with Crippen molar-refractivity contribution in [2.75, 3.05) is 0 Å². The van der Waals surface area contributed by atoms with E-state index < -0.39 is 11.9 Å². The molecule has 2 nitrogen and oxygen atoms in total. The predicted molar refractivity (Wildman–Crippen MR) is 52.1 cm³/mol. The minimum atomic E-state index is -0.826. The van der Waals surface area contributed by atoms with E-state index in [0.717, 1.165) is 5.69 Å². The molecule has 0 fully saturated rings. The normalized spacial score (nSPS) is 10.3. The minimum Gasteiger partial charge on any atom is -0.261 e. The third-order valence-corrected chi connectivity index (χ3v) is 2.08. The first kappa shape index (κ1) is 9.71. The van der Waals surface area contributed by atoms with Gasteiger partial charge >= 0.3 is 0 Å². The van der Waals surface area contributed by atoms with Gasteiger partial charge in [0.1, 0.15) is 0 Å². The van der Waals surface area contributed by atoms with Crippen LogP contribution in [-0.2, 0) is 0 Å². The van der Waals surface area contributed by atoms with Gasteiger partial charge in [-0.15, -0.1) is 0 Å². The van der Waals surface area contributed by atoms with Crippen LogP contribution in [0.1, 0.15) is 5.69 Å². The standard InChI is InChI=1S/C11H8F2N2/c1-7-9(3-2-4-14-7)8-5-10(12)15-11(13)6-8/h2-6H,1H3. The van der Waals surface area contributed by atoms with Gasteiger partial charge in [-0.3, -0.25) is 4.98 Å². The molecule has 0 radical (unpaired) electrons. The fourth-order valence-electron chi connectivity index (χ4n) is 1.41. The first-order chi connectivity index (χ1) is 7.16. The van der Waals surface area contributed by atoms with Crippen molar-refractivity contribution < 1.29 is 8.78 Å². The summed E-state index contributed by atoms with van der Waals surface area (Å²) in [5, 5.41) is 0. The predicted octanol–water partition coefficient (Wildman–Crippen LogP) is 2.73. The second-order valence-corrected chi connectivity index (χ2v) is 3.14. The lowest BCUT2D eigenvalue weighted by Crippen LogP contribution is -1.92. The molecule has 0 amide bonds. The van der Waals surface area contributed by atoms with Crippen LogP contribution in [0.15, 0.2) is 30.5 Å². The molecule has 0 aliphatic rings. The molecule has 0 atom stereocenters. The Hall–Kier alpha value is -1.84. The van der Waals surface area contributed by atoms with Crippen molar-refractivity contribution in [3.05, 3.63) is 48.1 Å². The largest absolute Gasteiger partial charge is 0.261 e. The monoisotopic (exact) mass is 206 g/mol. The van der Waals surface area contributed by atoms with Gasteiger partial charge in [-0.25, -0.2) is 0 Å². The topological polar surface area (TPSA) is 25.8 Å². The van der Waals surface area contributed by atoms with Gasteiger partial charge in [0, 0.05) is 29.6 Å². The number of halogens is 2. The molecule has 2 aromatic heterocycles. The van der Waals surface area contributed by atoms with E-state index in [9.17, 15) is 8.78 Å². The van der Waals surface area contributed by atoms with Gasteiger partial charge in [0.2, 0.25) is 11.9 Å². The molecule has 0 aliphatic carbocycles. The van der Waals surface area contributed by atoms with Crippen LogP contribution in [0.4, 0.5) is 8.78 Å². The van der Waals surface area contributed by atoms with E-state index in [4.69, 9.17) is 0 Å². The van der Waals surface area contributed by atoms with Crippen molar-refractivity contribution in [1.29, 1.82) is 0 Å². The smallest absolute Gasteiger partial charge is 0.216 e. The second-order valence-electron chi connectivity index (χ2n) is 3.14. The van der Waals surface area contributed by atoms with E-state index in [1.54, 1.807) is 25.3 Å². The summed E-state index contributed by atoms with van der Waals surface area (Å²) >= 11 is 0. The van der Waals surface area contributed by atoms with Crippen LogP contribution >= 0.6 is 0 Å². The Morgan fingerprint density at radius 3 is 2.40 bits per heavy atom. The van der Waals surface area contributed by atoms with Crippen LogP contribution in [0, 0.1) is 18.8 Å². The Morgan fingerprint density at radius 2 is 1.80 bits per heavy atom. The molecule has 4 heteroatoms. The van der Waals surface area contributed by atoms with Gasteiger partial charge in [0.05, 0.1) is 0 Å². The second kappa shape index (κ2) is 3.73. The molecule has 0 aromatic carbocycles. The van der Waals surface area contributed by atoms with Gasteiger partial charge in [-0.05, 0) is 18.6 Å². The molecule has 2 aromatic rings. The minimum absolute atomic E-state index is 0.450. The highest BCUT2D eigenvalue weighted by Gasteiger charge is 2.06. The van der Waals surface area contributed by atoms with Gasteiger partial charge in [0.25, 0.3) is 0 Å². The van der Waals surface area contributed by atoms with Crippen molar-refractivity contribution in [2.45, 2.75) is 6.92 Å². The fraction of sp³-hybridized carbons (Fsp3) is 0.0909. The highest BCUT2D eigenvalue weighted by molar-refractivity contribution is 5.64.